The van der Waals surface area contributed by atoms with Crippen LogP contribution in [0.1, 0.15) is 5.56 Å². The van der Waals surface area contributed by atoms with Crippen molar-refractivity contribution in [1.29, 1.82) is 0 Å². The first-order valence-corrected chi connectivity index (χ1v) is 6.48. The van der Waals surface area contributed by atoms with Crippen LogP contribution in [0, 0.1) is 0 Å². The molecule has 2 aromatic carbocycles. The van der Waals surface area contributed by atoms with Crippen molar-refractivity contribution < 1.29 is 9.47 Å². The normalized spacial score (nSPS) is 10.4. The third-order valence-corrected chi connectivity index (χ3v) is 3.45. The summed E-state index contributed by atoms with van der Waals surface area (Å²) >= 11 is 5.94. The summed E-state index contributed by atoms with van der Waals surface area (Å²) in [5, 5.41) is 0.535. The Balaban J connectivity index is 2.59. The highest BCUT2D eigenvalue weighted by Crippen LogP contribution is 2.37. The molecule has 0 bridgehead atoms. The summed E-state index contributed by atoms with van der Waals surface area (Å²) in [6.07, 6.45) is 0. The van der Waals surface area contributed by atoms with E-state index in [2.05, 4.69) is 0 Å². The number of hydrogen-bond acceptors (Lipinski definition) is 4. The SMILES string of the molecule is COc1cc(-c2ccc(Cl)c(N)c2)cc(CN)c1OC. The summed E-state index contributed by atoms with van der Waals surface area (Å²) < 4.78 is 10.7. The maximum Gasteiger partial charge on any atom is 0.165 e. The van der Waals surface area contributed by atoms with Crippen LogP contribution in [0.15, 0.2) is 30.3 Å². The van der Waals surface area contributed by atoms with Crippen LogP contribution in [0.2, 0.25) is 5.02 Å². The third-order valence-electron chi connectivity index (χ3n) is 3.11. The van der Waals surface area contributed by atoms with Crippen molar-refractivity contribution in [2.24, 2.45) is 5.73 Å². The molecule has 0 saturated carbocycles. The van der Waals surface area contributed by atoms with E-state index in [4.69, 9.17) is 32.5 Å². The first kappa shape index (κ1) is 14.5. The fraction of sp³-hybridized carbons (Fsp3) is 0.200. The van der Waals surface area contributed by atoms with E-state index in [9.17, 15) is 0 Å². The molecule has 0 spiro atoms. The second-order valence-electron chi connectivity index (χ2n) is 4.31. The van der Waals surface area contributed by atoms with Crippen LogP contribution in [-0.4, -0.2) is 14.2 Å². The standard InChI is InChI=1S/C15H17ClN2O2/c1-19-14-7-10(5-11(8-17)15(14)20-2)9-3-4-12(16)13(18)6-9/h3-7H,8,17-18H2,1-2H3. The number of hydrogen-bond donors (Lipinski definition) is 2. The van der Waals surface area contributed by atoms with E-state index >= 15 is 0 Å². The number of halogens is 1. The molecule has 4 nitrogen and oxygen atoms in total. The van der Waals surface area contributed by atoms with Crippen LogP contribution in [0.25, 0.3) is 11.1 Å². The van der Waals surface area contributed by atoms with Crippen LogP contribution >= 0.6 is 11.6 Å². The number of anilines is 1. The van der Waals surface area contributed by atoms with Crippen molar-refractivity contribution in [2.45, 2.75) is 6.54 Å². The van der Waals surface area contributed by atoms with Gasteiger partial charge in [-0.2, -0.15) is 0 Å². The highest BCUT2D eigenvalue weighted by atomic mass is 35.5. The molecule has 0 amide bonds. The summed E-state index contributed by atoms with van der Waals surface area (Å²) in [4.78, 5) is 0. The van der Waals surface area contributed by atoms with Crippen molar-refractivity contribution in [3.8, 4) is 22.6 Å². The van der Waals surface area contributed by atoms with Gasteiger partial charge in [0.1, 0.15) is 0 Å². The molecule has 0 aliphatic heterocycles. The average molecular weight is 293 g/mol. The molecule has 0 aliphatic rings. The topological polar surface area (TPSA) is 70.5 Å². The lowest BCUT2D eigenvalue weighted by Gasteiger charge is -2.14. The molecule has 2 aromatic rings. The summed E-state index contributed by atoms with van der Waals surface area (Å²) in [7, 11) is 3.19. The largest absolute Gasteiger partial charge is 0.493 e. The minimum Gasteiger partial charge on any atom is -0.493 e. The summed E-state index contributed by atoms with van der Waals surface area (Å²) in [6, 6.07) is 9.35. The van der Waals surface area contributed by atoms with Gasteiger partial charge in [0.05, 0.1) is 24.9 Å². The lowest BCUT2D eigenvalue weighted by Crippen LogP contribution is -2.02. The maximum absolute atomic E-state index is 5.94. The van der Waals surface area contributed by atoms with Crippen LogP contribution in [-0.2, 0) is 6.54 Å². The molecule has 4 N–H and O–H groups in total. The highest BCUT2D eigenvalue weighted by molar-refractivity contribution is 6.33. The van der Waals surface area contributed by atoms with E-state index < -0.39 is 0 Å². The molecule has 0 fully saturated rings. The molecule has 20 heavy (non-hydrogen) atoms. The summed E-state index contributed by atoms with van der Waals surface area (Å²) in [5.41, 5.74) is 14.9. The predicted octanol–water partition coefficient (Wildman–Crippen LogP) is 3.07. The van der Waals surface area contributed by atoms with Crippen LogP contribution in [0.3, 0.4) is 0 Å². The van der Waals surface area contributed by atoms with Crippen molar-refractivity contribution in [2.75, 3.05) is 20.0 Å². The van der Waals surface area contributed by atoms with E-state index in [-0.39, 0.29) is 0 Å². The van der Waals surface area contributed by atoms with Gasteiger partial charge in [0.15, 0.2) is 11.5 Å². The summed E-state index contributed by atoms with van der Waals surface area (Å²) in [6.45, 7) is 0.358. The molecule has 0 aliphatic carbocycles. The van der Waals surface area contributed by atoms with Gasteiger partial charge in [-0.1, -0.05) is 17.7 Å². The monoisotopic (exact) mass is 292 g/mol. The van der Waals surface area contributed by atoms with Crippen LogP contribution in [0.5, 0.6) is 11.5 Å². The van der Waals surface area contributed by atoms with Gasteiger partial charge in [0, 0.05) is 12.1 Å². The lowest BCUT2D eigenvalue weighted by molar-refractivity contribution is 0.352. The quantitative estimate of drug-likeness (QED) is 0.850. The number of nitrogen functional groups attached to an aromatic ring is 1. The number of rotatable bonds is 4. The molecule has 2 rings (SSSR count). The molecule has 0 heterocycles. The molecule has 0 atom stereocenters. The molecular formula is C15H17ClN2O2. The minimum absolute atomic E-state index is 0.358. The smallest absolute Gasteiger partial charge is 0.165 e. The van der Waals surface area contributed by atoms with Crippen molar-refractivity contribution in [3.05, 3.63) is 40.9 Å². The van der Waals surface area contributed by atoms with E-state index in [0.717, 1.165) is 16.7 Å². The Morgan fingerprint density at radius 3 is 2.35 bits per heavy atom. The van der Waals surface area contributed by atoms with Gasteiger partial charge in [0.2, 0.25) is 0 Å². The third kappa shape index (κ3) is 2.66. The van der Waals surface area contributed by atoms with Gasteiger partial charge in [-0.3, -0.25) is 0 Å². The fourth-order valence-electron chi connectivity index (χ4n) is 2.08. The minimum atomic E-state index is 0.358. The van der Waals surface area contributed by atoms with E-state index in [0.29, 0.717) is 28.8 Å². The lowest BCUT2D eigenvalue weighted by atomic mass is 10.0. The van der Waals surface area contributed by atoms with Gasteiger partial charge in [-0.15, -0.1) is 0 Å². The van der Waals surface area contributed by atoms with E-state index in [1.807, 2.05) is 24.3 Å². The first-order chi connectivity index (χ1) is 9.60. The molecule has 106 valence electrons. The Morgan fingerprint density at radius 2 is 1.80 bits per heavy atom. The second-order valence-corrected chi connectivity index (χ2v) is 4.72. The van der Waals surface area contributed by atoms with Crippen LogP contribution < -0.4 is 20.9 Å². The molecular weight excluding hydrogens is 276 g/mol. The van der Waals surface area contributed by atoms with Crippen LogP contribution in [0.4, 0.5) is 5.69 Å². The van der Waals surface area contributed by atoms with Gasteiger partial charge >= 0.3 is 0 Å². The van der Waals surface area contributed by atoms with Gasteiger partial charge < -0.3 is 20.9 Å². The molecule has 5 heteroatoms. The van der Waals surface area contributed by atoms with Gasteiger partial charge in [-0.25, -0.2) is 0 Å². The zero-order chi connectivity index (χ0) is 14.7. The van der Waals surface area contributed by atoms with E-state index in [1.165, 1.54) is 0 Å². The zero-order valence-electron chi connectivity index (χ0n) is 11.4. The van der Waals surface area contributed by atoms with Gasteiger partial charge in [0.25, 0.3) is 0 Å². The molecule has 0 saturated heterocycles. The highest BCUT2D eigenvalue weighted by Gasteiger charge is 2.12. The average Bonchev–Trinajstić information content (AvgIpc) is 2.48. The number of methoxy groups -OCH3 is 2. The first-order valence-electron chi connectivity index (χ1n) is 6.11. The zero-order valence-corrected chi connectivity index (χ0v) is 12.2. The van der Waals surface area contributed by atoms with Crippen molar-refractivity contribution in [3.63, 3.8) is 0 Å². The predicted molar refractivity (Wildman–Crippen MR) is 82.3 cm³/mol. The van der Waals surface area contributed by atoms with Crippen molar-refractivity contribution >= 4 is 17.3 Å². The maximum atomic E-state index is 5.94. The fourth-order valence-corrected chi connectivity index (χ4v) is 2.20. The Bertz CT molecular complexity index is 604. The Morgan fingerprint density at radius 1 is 1.05 bits per heavy atom. The Hall–Kier alpha value is -1.91. The Labute approximate surface area is 123 Å². The number of ether oxygens (including phenoxy) is 2. The van der Waals surface area contributed by atoms with E-state index in [1.54, 1.807) is 20.3 Å². The number of nitrogens with two attached hydrogens (primary N) is 2. The summed E-state index contributed by atoms with van der Waals surface area (Å²) in [5.74, 6) is 1.29. The number of benzene rings is 2. The molecule has 0 aromatic heterocycles. The van der Waals surface area contributed by atoms with Crippen molar-refractivity contribution in [1.82, 2.24) is 0 Å². The van der Waals surface area contributed by atoms with Gasteiger partial charge in [-0.05, 0) is 35.4 Å². The molecule has 0 unspecified atom stereocenters. The second kappa shape index (κ2) is 6.03. The molecule has 0 radical (unpaired) electrons. The Kier molecular flexibility index (Phi) is 4.37.